The van der Waals surface area contributed by atoms with Crippen molar-refractivity contribution in [2.24, 2.45) is 5.73 Å². The third kappa shape index (κ3) is 2.43. The van der Waals surface area contributed by atoms with Gasteiger partial charge in [0.1, 0.15) is 0 Å². The van der Waals surface area contributed by atoms with Crippen LogP contribution >= 0.6 is 12.2 Å². The Morgan fingerprint density at radius 3 is 2.64 bits per heavy atom. The highest BCUT2D eigenvalue weighted by molar-refractivity contribution is 7.89. The third-order valence-corrected chi connectivity index (χ3v) is 4.60. The van der Waals surface area contributed by atoms with Gasteiger partial charge in [-0.25, -0.2) is 8.42 Å². The maximum absolute atomic E-state index is 11.6. The topological polar surface area (TPSA) is 63.4 Å². The van der Waals surface area contributed by atoms with E-state index in [0.717, 1.165) is 6.42 Å². The molecule has 0 aliphatic carbocycles. The van der Waals surface area contributed by atoms with Gasteiger partial charge in [-0.05, 0) is 12.8 Å². The summed E-state index contributed by atoms with van der Waals surface area (Å²) in [4.78, 5) is 0.289. The highest BCUT2D eigenvalue weighted by Crippen LogP contribution is 2.20. The molecule has 0 radical (unpaired) electrons. The van der Waals surface area contributed by atoms with Crippen molar-refractivity contribution < 1.29 is 8.42 Å². The third-order valence-electron chi connectivity index (χ3n) is 2.38. The van der Waals surface area contributed by atoms with E-state index in [9.17, 15) is 8.42 Å². The Balaban J connectivity index is 2.83. The summed E-state index contributed by atoms with van der Waals surface area (Å²) in [5.41, 5.74) is 5.55. The summed E-state index contributed by atoms with van der Waals surface area (Å²) >= 11 is 4.89. The van der Waals surface area contributed by atoms with Crippen LogP contribution in [0.1, 0.15) is 26.2 Å². The van der Waals surface area contributed by atoms with Gasteiger partial charge >= 0.3 is 0 Å². The molecule has 14 heavy (non-hydrogen) atoms. The molecule has 1 atom stereocenters. The van der Waals surface area contributed by atoms with Crippen LogP contribution in [0.15, 0.2) is 0 Å². The quantitative estimate of drug-likeness (QED) is 0.721. The first kappa shape index (κ1) is 11.9. The summed E-state index contributed by atoms with van der Waals surface area (Å²) in [5, 5.41) is 0. The van der Waals surface area contributed by atoms with Gasteiger partial charge in [0.05, 0.1) is 16.8 Å². The molecular weight excluding hydrogens is 220 g/mol. The maximum atomic E-state index is 11.6. The fourth-order valence-electron chi connectivity index (χ4n) is 1.71. The van der Waals surface area contributed by atoms with E-state index >= 15 is 0 Å². The monoisotopic (exact) mass is 236 g/mol. The summed E-state index contributed by atoms with van der Waals surface area (Å²) in [7, 11) is -3.09. The van der Waals surface area contributed by atoms with E-state index in [1.807, 2.05) is 6.92 Å². The van der Waals surface area contributed by atoms with E-state index in [0.29, 0.717) is 19.4 Å². The Hall–Kier alpha value is -0.200. The average Bonchev–Trinajstić information content (AvgIpc) is 2.40. The molecule has 1 heterocycles. The predicted octanol–water partition coefficient (Wildman–Crippen LogP) is 0.477. The van der Waals surface area contributed by atoms with Crippen LogP contribution in [-0.4, -0.2) is 36.1 Å². The average molecular weight is 236 g/mol. The molecular formula is C8H16N2O2S2. The molecule has 0 saturated carbocycles. The summed E-state index contributed by atoms with van der Waals surface area (Å²) in [6, 6.07) is -0.275. The first-order valence-electron chi connectivity index (χ1n) is 4.78. The zero-order valence-corrected chi connectivity index (χ0v) is 9.90. The minimum absolute atomic E-state index is 0.232. The molecule has 2 N–H and O–H groups in total. The highest BCUT2D eigenvalue weighted by atomic mass is 32.2. The minimum atomic E-state index is -3.09. The van der Waals surface area contributed by atoms with Crippen molar-refractivity contribution in [3.8, 4) is 0 Å². The molecule has 82 valence electrons. The van der Waals surface area contributed by atoms with Gasteiger partial charge in [-0.1, -0.05) is 25.6 Å². The minimum Gasteiger partial charge on any atom is -0.392 e. The van der Waals surface area contributed by atoms with Crippen molar-refractivity contribution in [3.05, 3.63) is 0 Å². The van der Waals surface area contributed by atoms with Gasteiger partial charge in [-0.3, -0.25) is 0 Å². The first-order valence-corrected chi connectivity index (χ1v) is 6.79. The molecule has 6 heteroatoms. The molecule has 1 fully saturated rings. The summed E-state index contributed by atoms with van der Waals surface area (Å²) in [6.07, 6.45) is 2.29. The molecule has 4 nitrogen and oxygen atoms in total. The van der Waals surface area contributed by atoms with Crippen LogP contribution in [0.3, 0.4) is 0 Å². The maximum Gasteiger partial charge on any atom is 0.214 e. The lowest BCUT2D eigenvalue weighted by atomic mass is 10.1. The largest absolute Gasteiger partial charge is 0.392 e. The molecule has 1 unspecified atom stereocenters. The number of nitrogens with zero attached hydrogens (tertiary/aromatic N) is 1. The predicted molar refractivity (Wildman–Crippen MR) is 60.6 cm³/mol. The van der Waals surface area contributed by atoms with E-state index in [1.165, 1.54) is 4.31 Å². The Kier molecular flexibility index (Phi) is 3.86. The Morgan fingerprint density at radius 1 is 1.64 bits per heavy atom. The molecule has 1 aliphatic heterocycles. The summed E-state index contributed by atoms with van der Waals surface area (Å²) in [5.74, 6) is 0.232. The molecule has 0 aromatic heterocycles. The van der Waals surface area contributed by atoms with Crippen molar-refractivity contribution in [1.29, 1.82) is 0 Å². The molecule has 1 aliphatic rings. The van der Waals surface area contributed by atoms with Gasteiger partial charge in [-0.15, -0.1) is 0 Å². The smallest absolute Gasteiger partial charge is 0.214 e. The fourth-order valence-corrected chi connectivity index (χ4v) is 3.76. The number of rotatable bonds is 4. The molecule has 0 spiro atoms. The van der Waals surface area contributed by atoms with Crippen molar-refractivity contribution >= 4 is 27.2 Å². The van der Waals surface area contributed by atoms with Gasteiger partial charge in [-0.2, -0.15) is 4.31 Å². The van der Waals surface area contributed by atoms with Crippen molar-refractivity contribution in [2.75, 3.05) is 12.3 Å². The normalized spacial score (nSPS) is 23.5. The van der Waals surface area contributed by atoms with Crippen LogP contribution in [-0.2, 0) is 10.0 Å². The van der Waals surface area contributed by atoms with Crippen molar-refractivity contribution in [2.45, 2.75) is 32.2 Å². The zero-order valence-electron chi connectivity index (χ0n) is 8.27. The number of hydrogen-bond donors (Lipinski definition) is 1. The summed E-state index contributed by atoms with van der Waals surface area (Å²) < 4.78 is 24.6. The van der Waals surface area contributed by atoms with E-state index < -0.39 is 10.0 Å². The summed E-state index contributed by atoms with van der Waals surface area (Å²) in [6.45, 7) is 2.55. The highest BCUT2D eigenvalue weighted by Gasteiger charge is 2.35. The van der Waals surface area contributed by atoms with Crippen LogP contribution < -0.4 is 5.73 Å². The van der Waals surface area contributed by atoms with Crippen molar-refractivity contribution in [1.82, 2.24) is 4.31 Å². The Bertz CT molecular complexity index is 313. The molecule has 0 aromatic carbocycles. The number of thiocarbonyl (C=S) groups is 1. The van der Waals surface area contributed by atoms with Crippen LogP contribution in [0.4, 0.5) is 0 Å². The number of sulfonamides is 1. The van der Waals surface area contributed by atoms with Gasteiger partial charge < -0.3 is 5.73 Å². The lowest BCUT2D eigenvalue weighted by Gasteiger charge is -2.24. The molecule has 1 saturated heterocycles. The molecule has 0 aromatic rings. The lowest BCUT2D eigenvalue weighted by Crippen LogP contribution is -2.44. The van der Waals surface area contributed by atoms with Crippen LogP contribution in [0.5, 0.6) is 0 Å². The van der Waals surface area contributed by atoms with E-state index in [1.54, 1.807) is 0 Å². The molecule has 1 rings (SSSR count). The number of hydrogen-bond acceptors (Lipinski definition) is 3. The Labute approximate surface area is 90.5 Å². The van der Waals surface area contributed by atoms with Gasteiger partial charge in [0.25, 0.3) is 0 Å². The standard InChI is InChI=1S/C8H16N2O2S2/c1-2-4-7(8(9)13)10-5-3-6-14(10,11)12/h7H,2-6H2,1H3,(H2,9,13). The second-order valence-corrected chi connectivity index (χ2v) is 6.00. The fraction of sp³-hybridized carbons (Fsp3) is 0.875. The van der Waals surface area contributed by atoms with E-state index in [-0.39, 0.29) is 16.8 Å². The number of nitrogens with two attached hydrogens (primary N) is 1. The van der Waals surface area contributed by atoms with E-state index in [2.05, 4.69) is 0 Å². The van der Waals surface area contributed by atoms with Gasteiger partial charge in [0.15, 0.2) is 0 Å². The van der Waals surface area contributed by atoms with Crippen LogP contribution in [0.25, 0.3) is 0 Å². The Morgan fingerprint density at radius 2 is 2.29 bits per heavy atom. The first-order chi connectivity index (χ1) is 6.49. The zero-order chi connectivity index (χ0) is 10.8. The van der Waals surface area contributed by atoms with E-state index in [4.69, 9.17) is 18.0 Å². The second-order valence-electron chi connectivity index (χ2n) is 3.49. The van der Waals surface area contributed by atoms with Gasteiger partial charge in [0.2, 0.25) is 10.0 Å². The molecule has 0 bridgehead atoms. The second kappa shape index (κ2) is 4.55. The lowest BCUT2D eigenvalue weighted by molar-refractivity contribution is 0.388. The van der Waals surface area contributed by atoms with Gasteiger partial charge in [0, 0.05) is 6.54 Å². The SMILES string of the molecule is CCCC(C(N)=S)N1CCCS1(=O)=O. The van der Waals surface area contributed by atoms with Crippen LogP contribution in [0, 0.1) is 0 Å². The molecule has 0 amide bonds. The van der Waals surface area contributed by atoms with Crippen molar-refractivity contribution in [3.63, 3.8) is 0 Å². The van der Waals surface area contributed by atoms with Crippen LogP contribution in [0.2, 0.25) is 0 Å².